The fraction of sp³-hybridized carbons (Fsp3) is 0.391. The summed E-state index contributed by atoms with van der Waals surface area (Å²) in [6, 6.07) is 9.43. The summed E-state index contributed by atoms with van der Waals surface area (Å²) in [4.78, 5) is 24.9. The molecule has 178 valence electrons. The first-order chi connectivity index (χ1) is 15.7. The number of hydrogen-bond donors (Lipinski definition) is 0. The van der Waals surface area contributed by atoms with Crippen LogP contribution in [0.4, 0.5) is 0 Å². The van der Waals surface area contributed by atoms with Gasteiger partial charge in [-0.05, 0) is 24.3 Å². The second-order valence-electron chi connectivity index (χ2n) is 7.29. The van der Waals surface area contributed by atoms with Crippen molar-refractivity contribution in [2.45, 2.75) is 4.33 Å². The van der Waals surface area contributed by atoms with Crippen LogP contribution in [0.1, 0.15) is 20.7 Å². The van der Waals surface area contributed by atoms with Gasteiger partial charge < -0.3 is 28.4 Å². The van der Waals surface area contributed by atoms with Crippen LogP contribution in [0.2, 0.25) is 0 Å². The van der Waals surface area contributed by atoms with Gasteiger partial charge in [0.2, 0.25) is 0 Å². The molecule has 2 aromatic carbocycles. The Kier molecular flexibility index (Phi) is 7.81. The number of hydrogen-bond acceptors (Lipinski definition) is 8. The standard InChI is InChI=1S/C23H24Cl2O8/c1-28-15-5-13(6-16(9-15)29-2)21(26)32-11-19-20(23(19,24)25)12-33-22(27)14-7-17(30-3)10-18(8-14)31-4/h5-10,19-20H,11-12H2,1-4H3/t19-,20+. The number of benzene rings is 2. The zero-order valence-electron chi connectivity index (χ0n) is 18.6. The quantitative estimate of drug-likeness (QED) is 0.356. The van der Waals surface area contributed by atoms with E-state index in [9.17, 15) is 9.59 Å². The number of esters is 2. The molecule has 10 heteroatoms. The minimum Gasteiger partial charge on any atom is -0.497 e. The van der Waals surface area contributed by atoms with E-state index in [4.69, 9.17) is 51.6 Å². The Labute approximate surface area is 201 Å². The lowest BCUT2D eigenvalue weighted by Crippen LogP contribution is -2.12. The average molecular weight is 499 g/mol. The summed E-state index contributed by atoms with van der Waals surface area (Å²) in [5.74, 6) is -0.141. The maximum Gasteiger partial charge on any atom is 0.338 e. The summed E-state index contributed by atoms with van der Waals surface area (Å²) in [5, 5.41) is 0. The minimum atomic E-state index is -1.18. The fourth-order valence-electron chi connectivity index (χ4n) is 3.26. The van der Waals surface area contributed by atoms with Crippen molar-refractivity contribution in [1.29, 1.82) is 0 Å². The Hall–Kier alpha value is -2.84. The molecule has 0 aliphatic heterocycles. The third-order valence-electron chi connectivity index (χ3n) is 5.33. The van der Waals surface area contributed by atoms with Gasteiger partial charge >= 0.3 is 11.9 Å². The third-order valence-corrected chi connectivity index (χ3v) is 6.45. The number of carbonyl (C=O) groups is 2. The summed E-state index contributed by atoms with van der Waals surface area (Å²) in [5.41, 5.74) is 0.521. The van der Waals surface area contributed by atoms with Crippen molar-refractivity contribution < 1.29 is 38.0 Å². The molecule has 1 fully saturated rings. The Balaban J connectivity index is 1.57. The topological polar surface area (TPSA) is 89.5 Å². The lowest BCUT2D eigenvalue weighted by Gasteiger charge is -2.09. The average Bonchev–Trinajstić information content (AvgIpc) is 3.37. The molecule has 0 radical (unpaired) electrons. The van der Waals surface area contributed by atoms with Crippen LogP contribution in [0.3, 0.4) is 0 Å². The molecule has 0 spiro atoms. The molecule has 0 heterocycles. The van der Waals surface area contributed by atoms with Gasteiger partial charge in [-0.3, -0.25) is 0 Å². The highest BCUT2D eigenvalue weighted by molar-refractivity contribution is 6.51. The minimum absolute atomic E-state index is 0.0411. The Morgan fingerprint density at radius 2 is 0.970 bits per heavy atom. The predicted octanol–water partition coefficient (Wildman–Crippen LogP) is 4.15. The van der Waals surface area contributed by atoms with E-state index in [-0.39, 0.29) is 24.3 Å². The zero-order chi connectivity index (χ0) is 24.2. The highest BCUT2D eigenvalue weighted by Crippen LogP contribution is 2.59. The fourth-order valence-corrected chi connectivity index (χ4v) is 4.00. The lowest BCUT2D eigenvalue weighted by atomic mass is 10.2. The van der Waals surface area contributed by atoms with Crippen LogP contribution >= 0.6 is 23.2 Å². The van der Waals surface area contributed by atoms with Gasteiger partial charge in [0.15, 0.2) is 0 Å². The Bertz CT molecular complexity index is 900. The normalized spacial score (nSPS) is 18.1. The van der Waals surface area contributed by atoms with Crippen LogP contribution < -0.4 is 18.9 Å². The summed E-state index contributed by atoms with van der Waals surface area (Å²) >= 11 is 12.7. The molecule has 0 saturated heterocycles. The second kappa shape index (κ2) is 10.4. The molecule has 8 nitrogen and oxygen atoms in total. The van der Waals surface area contributed by atoms with Crippen molar-refractivity contribution in [3.05, 3.63) is 47.5 Å². The second-order valence-corrected chi connectivity index (χ2v) is 8.73. The van der Waals surface area contributed by atoms with Gasteiger partial charge in [-0.25, -0.2) is 9.59 Å². The van der Waals surface area contributed by atoms with Crippen LogP contribution in [0.25, 0.3) is 0 Å². The molecule has 0 amide bonds. The molecule has 1 aliphatic carbocycles. The SMILES string of the molecule is COc1cc(OC)cc(C(=O)OC[C@@H]2[C@H](COC(=O)c3cc(OC)cc(OC)c3)C2(Cl)Cl)c1. The van der Waals surface area contributed by atoms with Crippen LogP contribution in [0.5, 0.6) is 23.0 Å². The van der Waals surface area contributed by atoms with Crippen LogP contribution in [0.15, 0.2) is 36.4 Å². The monoisotopic (exact) mass is 498 g/mol. The molecule has 0 aromatic heterocycles. The van der Waals surface area contributed by atoms with Crippen LogP contribution in [-0.2, 0) is 9.47 Å². The molecule has 0 bridgehead atoms. The largest absolute Gasteiger partial charge is 0.497 e. The number of alkyl halides is 2. The van der Waals surface area contributed by atoms with Gasteiger partial charge in [-0.2, -0.15) is 0 Å². The zero-order valence-corrected chi connectivity index (χ0v) is 20.1. The van der Waals surface area contributed by atoms with Gasteiger partial charge in [-0.15, -0.1) is 23.2 Å². The molecular formula is C23H24Cl2O8. The summed E-state index contributed by atoms with van der Waals surface area (Å²) in [6.07, 6.45) is 0. The highest BCUT2D eigenvalue weighted by atomic mass is 35.5. The van der Waals surface area contributed by atoms with Crippen molar-refractivity contribution in [1.82, 2.24) is 0 Å². The van der Waals surface area contributed by atoms with E-state index in [1.54, 1.807) is 12.1 Å². The molecular weight excluding hydrogens is 475 g/mol. The molecule has 0 N–H and O–H groups in total. The maximum atomic E-state index is 12.5. The molecule has 3 rings (SSSR count). The number of methoxy groups -OCH3 is 4. The highest BCUT2D eigenvalue weighted by Gasteiger charge is 2.64. The van der Waals surface area contributed by atoms with Crippen LogP contribution in [0, 0.1) is 11.8 Å². The van der Waals surface area contributed by atoms with Gasteiger partial charge in [-0.1, -0.05) is 0 Å². The van der Waals surface area contributed by atoms with Crippen molar-refractivity contribution in [3.8, 4) is 23.0 Å². The Morgan fingerprint density at radius 1 is 0.667 bits per heavy atom. The summed E-state index contributed by atoms with van der Waals surface area (Å²) in [7, 11) is 5.93. The van der Waals surface area contributed by atoms with Crippen molar-refractivity contribution in [2.75, 3.05) is 41.7 Å². The summed E-state index contributed by atoms with van der Waals surface area (Å²) in [6.45, 7) is -0.0822. The van der Waals surface area contributed by atoms with Gasteiger partial charge in [0, 0.05) is 24.0 Å². The van der Waals surface area contributed by atoms with Crippen molar-refractivity contribution >= 4 is 35.1 Å². The number of halogens is 2. The van der Waals surface area contributed by atoms with E-state index < -0.39 is 28.1 Å². The van der Waals surface area contributed by atoms with Gasteiger partial charge in [0.05, 0.1) is 52.8 Å². The first-order valence-corrected chi connectivity index (χ1v) is 10.7. The third kappa shape index (κ3) is 5.75. The smallest absolute Gasteiger partial charge is 0.338 e. The first-order valence-electron chi connectivity index (χ1n) is 9.91. The predicted molar refractivity (Wildman–Crippen MR) is 121 cm³/mol. The first kappa shape index (κ1) is 24.8. The molecule has 33 heavy (non-hydrogen) atoms. The summed E-state index contributed by atoms with van der Waals surface area (Å²) < 4.78 is 30.2. The van der Waals surface area contributed by atoms with E-state index in [0.717, 1.165) is 0 Å². The number of rotatable bonds is 10. The molecule has 1 aliphatic rings. The van der Waals surface area contributed by atoms with E-state index in [1.165, 1.54) is 52.7 Å². The molecule has 2 atom stereocenters. The van der Waals surface area contributed by atoms with Crippen LogP contribution in [-0.4, -0.2) is 57.9 Å². The van der Waals surface area contributed by atoms with E-state index >= 15 is 0 Å². The number of ether oxygens (including phenoxy) is 6. The van der Waals surface area contributed by atoms with Gasteiger partial charge in [0.25, 0.3) is 0 Å². The lowest BCUT2D eigenvalue weighted by molar-refractivity contribution is 0.0418. The van der Waals surface area contributed by atoms with Crippen molar-refractivity contribution in [3.63, 3.8) is 0 Å². The molecule has 0 unspecified atom stereocenters. The Morgan fingerprint density at radius 3 is 1.24 bits per heavy atom. The van der Waals surface area contributed by atoms with Gasteiger partial charge in [0.1, 0.15) is 27.3 Å². The van der Waals surface area contributed by atoms with Crippen molar-refractivity contribution in [2.24, 2.45) is 11.8 Å². The maximum absolute atomic E-state index is 12.5. The molecule has 1 saturated carbocycles. The number of carbonyl (C=O) groups excluding carboxylic acids is 2. The van der Waals surface area contributed by atoms with E-state index in [1.807, 2.05) is 0 Å². The van der Waals surface area contributed by atoms with E-state index in [2.05, 4.69) is 0 Å². The molecule has 2 aromatic rings. The van der Waals surface area contributed by atoms with E-state index in [0.29, 0.717) is 23.0 Å².